The van der Waals surface area contributed by atoms with Crippen LogP contribution in [0.5, 0.6) is 0 Å². The molecule has 0 N–H and O–H groups in total. The first kappa shape index (κ1) is 4.54. The SMILES string of the molecule is N#CC1=CCS[N]1. The van der Waals surface area contributed by atoms with Gasteiger partial charge in [-0.05, 0) is 18.0 Å². The maximum Gasteiger partial charge on any atom is 0.145 e. The number of nitriles is 1. The van der Waals surface area contributed by atoms with Crippen molar-refractivity contribution in [1.29, 1.82) is 5.26 Å². The minimum absolute atomic E-state index is 0.560. The molecule has 1 aliphatic rings. The van der Waals surface area contributed by atoms with Gasteiger partial charge in [-0.15, -0.1) is 0 Å². The highest BCUT2D eigenvalue weighted by atomic mass is 32.2. The first-order valence-electron chi connectivity index (χ1n) is 1.87. The maximum absolute atomic E-state index is 8.14. The normalized spacial score (nSPS) is 17.3. The van der Waals surface area contributed by atoms with E-state index in [0.29, 0.717) is 5.70 Å². The summed E-state index contributed by atoms with van der Waals surface area (Å²) in [5.41, 5.74) is 0.560. The molecule has 1 aliphatic heterocycles. The lowest BCUT2D eigenvalue weighted by atomic mass is 10.5. The summed E-state index contributed by atoms with van der Waals surface area (Å²) in [6, 6.07) is 1.94. The summed E-state index contributed by atoms with van der Waals surface area (Å²) in [6.07, 6.45) is 1.81. The fourth-order valence-electron chi connectivity index (χ4n) is 0.326. The van der Waals surface area contributed by atoms with E-state index in [-0.39, 0.29) is 0 Å². The highest BCUT2D eigenvalue weighted by Crippen LogP contribution is 2.10. The molecule has 0 unspecified atom stereocenters. The topological polar surface area (TPSA) is 37.9 Å². The largest absolute Gasteiger partial charge is 0.205 e. The molecule has 35 valence electrons. The predicted molar refractivity (Wildman–Crippen MR) is 28.3 cm³/mol. The van der Waals surface area contributed by atoms with Crippen LogP contribution in [0.25, 0.3) is 0 Å². The van der Waals surface area contributed by atoms with E-state index in [1.807, 2.05) is 12.1 Å². The van der Waals surface area contributed by atoms with Crippen molar-refractivity contribution in [3.63, 3.8) is 0 Å². The first-order valence-corrected chi connectivity index (χ1v) is 2.81. The van der Waals surface area contributed by atoms with E-state index in [4.69, 9.17) is 5.26 Å². The van der Waals surface area contributed by atoms with Gasteiger partial charge in [-0.25, -0.2) is 4.72 Å². The van der Waals surface area contributed by atoms with Gasteiger partial charge < -0.3 is 0 Å². The van der Waals surface area contributed by atoms with E-state index in [9.17, 15) is 0 Å². The average molecular weight is 111 g/mol. The van der Waals surface area contributed by atoms with Crippen molar-refractivity contribution in [1.82, 2.24) is 4.72 Å². The van der Waals surface area contributed by atoms with Crippen LogP contribution in [0.1, 0.15) is 0 Å². The van der Waals surface area contributed by atoms with Crippen LogP contribution in [0.2, 0.25) is 0 Å². The van der Waals surface area contributed by atoms with E-state index >= 15 is 0 Å². The van der Waals surface area contributed by atoms with Crippen LogP contribution in [0.3, 0.4) is 0 Å². The van der Waals surface area contributed by atoms with Gasteiger partial charge in [-0.2, -0.15) is 5.26 Å². The minimum Gasteiger partial charge on any atom is -0.205 e. The summed E-state index contributed by atoms with van der Waals surface area (Å²) >= 11 is 1.42. The van der Waals surface area contributed by atoms with Crippen LogP contribution in [-0.4, -0.2) is 5.75 Å². The molecule has 0 saturated heterocycles. The molecule has 1 rings (SSSR count). The third-order valence-electron chi connectivity index (χ3n) is 0.629. The van der Waals surface area contributed by atoms with Gasteiger partial charge in [-0.1, -0.05) is 0 Å². The Hall–Kier alpha value is -0.620. The molecule has 2 nitrogen and oxygen atoms in total. The summed E-state index contributed by atoms with van der Waals surface area (Å²) in [5, 5.41) is 8.14. The van der Waals surface area contributed by atoms with Gasteiger partial charge in [0, 0.05) is 5.75 Å². The van der Waals surface area contributed by atoms with Gasteiger partial charge in [0.1, 0.15) is 11.8 Å². The Labute approximate surface area is 46.3 Å². The lowest BCUT2D eigenvalue weighted by Crippen LogP contribution is -1.81. The van der Waals surface area contributed by atoms with Crippen LogP contribution in [0.4, 0.5) is 0 Å². The molecule has 0 saturated carbocycles. The molecule has 0 amide bonds. The summed E-state index contributed by atoms with van der Waals surface area (Å²) in [6.45, 7) is 0. The Balaban J connectivity index is 2.57. The van der Waals surface area contributed by atoms with Crippen LogP contribution >= 0.6 is 11.9 Å². The van der Waals surface area contributed by atoms with Crippen molar-refractivity contribution in [2.24, 2.45) is 0 Å². The molecular formula is C4H3N2S. The molecule has 0 aromatic rings. The van der Waals surface area contributed by atoms with E-state index in [0.717, 1.165) is 5.75 Å². The van der Waals surface area contributed by atoms with E-state index in [1.165, 1.54) is 11.9 Å². The molecule has 1 radical (unpaired) electrons. The zero-order chi connectivity index (χ0) is 5.11. The predicted octanol–water partition coefficient (Wildman–Crippen LogP) is 0.660. The minimum atomic E-state index is 0.560. The Morgan fingerprint density at radius 3 is 3.14 bits per heavy atom. The van der Waals surface area contributed by atoms with Crippen molar-refractivity contribution in [2.75, 3.05) is 5.75 Å². The van der Waals surface area contributed by atoms with Crippen LogP contribution in [0, 0.1) is 11.3 Å². The van der Waals surface area contributed by atoms with Gasteiger partial charge in [0.2, 0.25) is 0 Å². The Morgan fingerprint density at radius 2 is 2.86 bits per heavy atom. The fraction of sp³-hybridized carbons (Fsp3) is 0.250. The third-order valence-corrected chi connectivity index (χ3v) is 1.27. The second-order valence-corrected chi connectivity index (χ2v) is 1.86. The van der Waals surface area contributed by atoms with E-state index < -0.39 is 0 Å². The monoisotopic (exact) mass is 111 g/mol. The van der Waals surface area contributed by atoms with Gasteiger partial charge in [0.15, 0.2) is 0 Å². The second kappa shape index (κ2) is 1.90. The summed E-state index contributed by atoms with van der Waals surface area (Å²) in [5.74, 6) is 0.864. The highest BCUT2D eigenvalue weighted by molar-refractivity contribution is 7.97. The second-order valence-electron chi connectivity index (χ2n) is 1.09. The Kier molecular flexibility index (Phi) is 1.23. The summed E-state index contributed by atoms with van der Waals surface area (Å²) in [4.78, 5) is 0. The van der Waals surface area contributed by atoms with Crippen molar-refractivity contribution >= 4 is 11.9 Å². The van der Waals surface area contributed by atoms with E-state index in [1.54, 1.807) is 0 Å². The molecular weight excluding hydrogens is 108 g/mol. The Bertz CT molecular complexity index is 133. The van der Waals surface area contributed by atoms with Crippen LogP contribution in [0.15, 0.2) is 11.8 Å². The van der Waals surface area contributed by atoms with Gasteiger partial charge in [0.05, 0.1) is 0 Å². The molecule has 0 fully saturated rings. The standard InChI is InChI=1S/C4H3N2S/c5-3-4-1-2-7-6-4/h1H,2H2. The van der Waals surface area contributed by atoms with E-state index in [2.05, 4.69) is 4.72 Å². The molecule has 0 bridgehead atoms. The Morgan fingerprint density at radius 1 is 2.00 bits per heavy atom. The summed E-state index contributed by atoms with van der Waals surface area (Å²) in [7, 11) is 0. The zero-order valence-corrected chi connectivity index (χ0v) is 4.40. The zero-order valence-electron chi connectivity index (χ0n) is 3.59. The van der Waals surface area contributed by atoms with Crippen molar-refractivity contribution < 1.29 is 0 Å². The van der Waals surface area contributed by atoms with Crippen molar-refractivity contribution in [2.45, 2.75) is 0 Å². The molecule has 0 spiro atoms. The lowest BCUT2D eigenvalue weighted by Gasteiger charge is -1.78. The number of hydrogen-bond donors (Lipinski definition) is 0. The maximum atomic E-state index is 8.14. The molecule has 0 aromatic carbocycles. The molecule has 1 heterocycles. The fourth-order valence-corrected chi connectivity index (χ4v) is 0.888. The summed E-state index contributed by atoms with van der Waals surface area (Å²) < 4.78 is 3.77. The number of allylic oxidation sites excluding steroid dienone is 1. The molecule has 3 heteroatoms. The molecule has 7 heavy (non-hydrogen) atoms. The van der Waals surface area contributed by atoms with Crippen LogP contribution in [-0.2, 0) is 0 Å². The highest BCUT2D eigenvalue weighted by Gasteiger charge is 2.01. The van der Waals surface area contributed by atoms with Crippen LogP contribution < -0.4 is 4.72 Å². The van der Waals surface area contributed by atoms with Gasteiger partial charge in [0.25, 0.3) is 0 Å². The smallest absolute Gasteiger partial charge is 0.145 e. The van der Waals surface area contributed by atoms with Gasteiger partial charge in [-0.3, -0.25) is 0 Å². The first-order chi connectivity index (χ1) is 3.43. The van der Waals surface area contributed by atoms with Crippen molar-refractivity contribution in [3.05, 3.63) is 11.8 Å². The third kappa shape index (κ3) is 0.875. The molecule has 0 aliphatic carbocycles. The number of hydrogen-bond acceptors (Lipinski definition) is 2. The lowest BCUT2D eigenvalue weighted by molar-refractivity contribution is 1.29. The molecule has 0 aromatic heterocycles. The number of nitrogens with zero attached hydrogens (tertiary/aromatic N) is 2. The number of rotatable bonds is 0. The van der Waals surface area contributed by atoms with Gasteiger partial charge >= 0.3 is 0 Å². The quantitative estimate of drug-likeness (QED) is 0.431. The average Bonchev–Trinajstić information content (AvgIpc) is 2.14. The molecule has 0 atom stereocenters. The van der Waals surface area contributed by atoms with Crippen molar-refractivity contribution in [3.8, 4) is 6.07 Å².